The first kappa shape index (κ1) is 46.5. The predicted molar refractivity (Wildman–Crippen MR) is 232 cm³/mol. The summed E-state index contributed by atoms with van der Waals surface area (Å²) < 4.78 is 24.3. The minimum Gasteiger partial charge on any atom is -0.507 e. The summed E-state index contributed by atoms with van der Waals surface area (Å²) in [6.45, 7) is 19.7. The highest BCUT2D eigenvalue weighted by Crippen LogP contribution is 2.50. The Balaban J connectivity index is 1.56. The summed E-state index contributed by atoms with van der Waals surface area (Å²) in [4.78, 5) is 39.1. The van der Waals surface area contributed by atoms with Gasteiger partial charge in [-0.2, -0.15) is 0 Å². The van der Waals surface area contributed by atoms with Gasteiger partial charge < -0.3 is 54.8 Å². The lowest BCUT2D eigenvalue weighted by atomic mass is 9.78. The number of fused-ring (bicyclic) bond motifs is 1. The van der Waals surface area contributed by atoms with Gasteiger partial charge in [-0.25, -0.2) is 0 Å². The van der Waals surface area contributed by atoms with Gasteiger partial charge in [0.1, 0.15) is 28.6 Å². The molecule has 2 aromatic rings. The van der Waals surface area contributed by atoms with Crippen LogP contribution in [0.25, 0.3) is 10.8 Å². The molecule has 1 fully saturated rings. The van der Waals surface area contributed by atoms with Crippen molar-refractivity contribution < 1.29 is 54.2 Å². The van der Waals surface area contributed by atoms with E-state index in [-0.39, 0.29) is 61.1 Å². The molecule has 1 spiro atoms. The first-order chi connectivity index (χ1) is 29.2. The van der Waals surface area contributed by atoms with Crippen LogP contribution < -0.4 is 20.8 Å². The number of hydrogen-bond donors (Lipinski definition) is 6. The molecule has 0 saturated carbocycles. The van der Waals surface area contributed by atoms with Crippen molar-refractivity contribution in [2.24, 2.45) is 44.7 Å². The lowest BCUT2D eigenvalue weighted by molar-refractivity contribution is -0.160. The van der Waals surface area contributed by atoms with E-state index in [0.717, 1.165) is 6.54 Å². The second-order valence-electron chi connectivity index (χ2n) is 18.1. The third kappa shape index (κ3) is 8.53. The molecule has 0 aliphatic carbocycles. The molecule has 1 amide bonds. The molecule has 6 rings (SSSR count). The van der Waals surface area contributed by atoms with Crippen molar-refractivity contribution in [3.8, 4) is 17.2 Å². The van der Waals surface area contributed by atoms with Crippen molar-refractivity contribution in [1.29, 1.82) is 0 Å². The maximum Gasteiger partial charge on any atom is 0.302 e. The number of benzene rings is 2. The molecule has 4 bridgehead atoms. The van der Waals surface area contributed by atoms with Gasteiger partial charge in [-0.1, -0.05) is 64.9 Å². The number of piperidine rings is 1. The van der Waals surface area contributed by atoms with Gasteiger partial charge in [-0.05, 0) is 25.8 Å². The summed E-state index contributed by atoms with van der Waals surface area (Å²) >= 11 is 0. The lowest BCUT2D eigenvalue weighted by Crippen LogP contribution is -2.46. The summed E-state index contributed by atoms with van der Waals surface area (Å²) in [6, 6.07) is 0. The summed E-state index contributed by atoms with van der Waals surface area (Å²) in [7, 11) is 1.48. The van der Waals surface area contributed by atoms with E-state index in [1.54, 1.807) is 65.8 Å². The van der Waals surface area contributed by atoms with Crippen LogP contribution in [0.2, 0.25) is 0 Å². The zero-order valence-corrected chi connectivity index (χ0v) is 37.6. The molecule has 1 saturated heterocycles. The number of aromatic hydroxyl groups is 2. The number of aliphatic hydroxyl groups is 2. The fraction of sp³-hybridized carbons (Fsp3) is 0.587. The number of methoxy groups -OCH3 is 1. The van der Waals surface area contributed by atoms with Crippen LogP contribution >= 0.6 is 0 Å². The van der Waals surface area contributed by atoms with Crippen molar-refractivity contribution >= 4 is 34.0 Å². The van der Waals surface area contributed by atoms with E-state index < -0.39 is 77.2 Å². The Morgan fingerprint density at radius 1 is 1.00 bits per heavy atom. The average Bonchev–Trinajstić information content (AvgIpc) is 3.75. The lowest BCUT2D eigenvalue weighted by Gasteiger charge is -2.38. The fourth-order valence-corrected chi connectivity index (χ4v) is 9.35. The van der Waals surface area contributed by atoms with Crippen molar-refractivity contribution in [1.82, 2.24) is 4.90 Å². The molecule has 0 radical (unpaired) electrons. The molecule has 338 valence electrons. The monoisotopic (exact) mass is 861 g/mol. The summed E-state index contributed by atoms with van der Waals surface area (Å²) in [5.41, 5.74) is -0.426. The Morgan fingerprint density at radius 2 is 1.66 bits per heavy atom. The van der Waals surface area contributed by atoms with Gasteiger partial charge in [-0.3, -0.25) is 19.6 Å². The van der Waals surface area contributed by atoms with Crippen molar-refractivity contribution in [3.63, 3.8) is 0 Å². The van der Waals surface area contributed by atoms with Crippen LogP contribution in [0.4, 0.5) is 5.69 Å². The van der Waals surface area contributed by atoms with Crippen LogP contribution in [0.5, 0.6) is 17.2 Å². The number of aliphatic hydroxyl groups excluding tert-OH is 2. The number of esters is 1. The standard InChI is InChI=1S/C46H63N5O11/c1-22(2)21-51-18-16-46(17-19-51)48-34-31-32-39(55)28(8)42-33(31)43(50-58)45(10,62-42)60-20-15-30(59-11)25(5)41(61-29(9)52)27(7)38(54)26(6)37(53)23(3)13-12-14-24(4)44(57)47-36(40(32)56)35(34)49-46/h12-15,20,22-23,25-27,30,37-38,41,53-56,58H,16-19,21H2,1-11H3,(H,47,57)/b13-12-,20-15-,24-14+,50-43-/t23-,25-,26+,27+,30-,37-,38+,41-,45-/m0/s1. The van der Waals surface area contributed by atoms with E-state index in [4.69, 9.17) is 28.9 Å². The highest BCUT2D eigenvalue weighted by molar-refractivity contribution is 6.21. The molecule has 0 unspecified atom stereocenters. The van der Waals surface area contributed by atoms with Gasteiger partial charge in [0.2, 0.25) is 0 Å². The van der Waals surface area contributed by atoms with E-state index in [1.807, 2.05) is 0 Å². The van der Waals surface area contributed by atoms with Crippen LogP contribution in [0.15, 0.2) is 51.3 Å². The van der Waals surface area contributed by atoms with E-state index in [2.05, 4.69) is 29.2 Å². The first-order valence-electron chi connectivity index (χ1n) is 21.4. The van der Waals surface area contributed by atoms with Gasteiger partial charge >= 0.3 is 5.97 Å². The fourth-order valence-electron chi connectivity index (χ4n) is 9.35. The molecule has 16 nitrogen and oxygen atoms in total. The highest BCUT2D eigenvalue weighted by Gasteiger charge is 2.49. The van der Waals surface area contributed by atoms with E-state index in [0.29, 0.717) is 31.8 Å². The predicted octanol–water partition coefficient (Wildman–Crippen LogP) is 4.75. The number of anilines is 1. The molecule has 4 aliphatic rings. The van der Waals surface area contributed by atoms with Crippen molar-refractivity contribution in [2.75, 3.05) is 32.1 Å². The molecule has 4 aliphatic heterocycles. The summed E-state index contributed by atoms with van der Waals surface area (Å²) in [6.07, 6.45) is 5.15. The molecule has 4 heterocycles. The Hall–Kier alpha value is -5.03. The number of carbonyl (C=O) groups excluding carboxylic acids is 2. The second kappa shape index (κ2) is 18.0. The molecule has 62 heavy (non-hydrogen) atoms. The van der Waals surface area contributed by atoms with Crippen LogP contribution in [-0.4, -0.2) is 111 Å². The molecule has 9 atom stereocenters. The zero-order valence-electron chi connectivity index (χ0n) is 37.6. The molecular formula is C46H63N5O11. The number of carbonyl (C=O) groups is 2. The minimum absolute atomic E-state index is 0.0422. The second-order valence-corrected chi connectivity index (χ2v) is 18.1. The number of amides is 1. The molecule has 2 aromatic carbocycles. The van der Waals surface area contributed by atoms with Crippen LogP contribution in [0.3, 0.4) is 0 Å². The Labute approximate surface area is 362 Å². The normalized spacial score (nSPS) is 33.0. The molecule has 16 heteroatoms. The Kier molecular flexibility index (Phi) is 13.5. The maximum absolute atomic E-state index is 13.9. The SMILES string of the molecule is CO[C@H]1/C=C\O[C@@]2(C)Oc3c(C)c(O)c4c(O)c(c5c(c4c3/C2=N/O)=NC2(CCN(CC(C)C)CC2)N=5)NC(=O)/C(C)=C/C=C\[C@H](C)[C@H](O)[C@@H](C)[C@@H](O)[C@@H](C)[C@@H](OC(C)=O)[C@H]1C. The smallest absolute Gasteiger partial charge is 0.302 e. The van der Waals surface area contributed by atoms with E-state index in [1.165, 1.54) is 27.2 Å². The number of hydrogen-bond acceptors (Lipinski definition) is 15. The highest BCUT2D eigenvalue weighted by atomic mass is 16.7. The Bertz CT molecular complexity index is 2330. The molecule has 0 aromatic heterocycles. The first-order valence-corrected chi connectivity index (χ1v) is 21.4. The number of nitrogens with zero attached hydrogens (tertiary/aromatic N) is 4. The number of likely N-dealkylation sites (tertiary alicyclic amines) is 1. The maximum atomic E-state index is 13.9. The van der Waals surface area contributed by atoms with Gasteiger partial charge in [-0.15, -0.1) is 0 Å². The van der Waals surface area contributed by atoms with Crippen LogP contribution in [0, 0.1) is 36.5 Å². The molecule has 6 N–H and O–H groups in total. The zero-order chi connectivity index (χ0) is 45.6. The van der Waals surface area contributed by atoms with Gasteiger partial charge in [0.05, 0.1) is 40.9 Å². The average molecular weight is 862 g/mol. The van der Waals surface area contributed by atoms with Gasteiger partial charge in [0, 0.05) is 93.6 Å². The van der Waals surface area contributed by atoms with Gasteiger partial charge in [0.25, 0.3) is 11.7 Å². The number of nitrogens with one attached hydrogen (secondary N) is 1. The third-order valence-electron chi connectivity index (χ3n) is 13.0. The third-order valence-corrected chi connectivity index (χ3v) is 13.0. The van der Waals surface area contributed by atoms with E-state index >= 15 is 0 Å². The van der Waals surface area contributed by atoms with Crippen molar-refractivity contribution in [3.05, 3.63) is 58.0 Å². The number of phenolic OH excluding ortho intramolecular Hbond substituents is 2. The van der Waals surface area contributed by atoms with Crippen molar-refractivity contribution in [2.45, 2.75) is 118 Å². The largest absolute Gasteiger partial charge is 0.507 e. The minimum atomic E-state index is -1.81. The molecular weight excluding hydrogens is 799 g/mol. The summed E-state index contributed by atoms with van der Waals surface area (Å²) in [5.74, 6) is -5.55. The number of phenols is 2. The quantitative estimate of drug-likeness (QED) is 0.106. The summed E-state index contributed by atoms with van der Waals surface area (Å²) in [5, 5.41) is 65.0. The number of oxime groups is 1. The van der Waals surface area contributed by atoms with Gasteiger partial charge in [0.15, 0.2) is 17.1 Å². The number of allylic oxidation sites excluding steroid dienone is 2. The Morgan fingerprint density at radius 3 is 2.27 bits per heavy atom. The van der Waals surface area contributed by atoms with Crippen LogP contribution in [0.1, 0.15) is 86.3 Å². The van der Waals surface area contributed by atoms with E-state index in [9.17, 15) is 35.2 Å². The number of rotatable bonds is 4. The topological polar surface area (TPSA) is 225 Å². The van der Waals surface area contributed by atoms with Crippen LogP contribution in [-0.2, 0) is 23.8 Å². The number of ether oxygens (including phenoxy) is 4.